The summed E-state index contributed by atoms with van der Waals surface area (Å²) < 4.78 is 6.54. The third-order valence-electron chi connectivity index (χ3n) is 2.61. The molecule has 1 atom stereocenters. The topological polar surface area (TPSA) is 26.3 Å². The first-order valence-corrected chi connectivity index (χ1v) is 6.95. The predicted octanol–water partition coefficient (Wildman–Crippen LogP) is 4.75. The molecular weight excluding hydrogens is 328 g/mol. The quantitative estimate of drug-likeness (QED) is 0.751. The van der Waals surface area contributed by atoms with E-state index in [1.807, 2.05) is 24.3 Å². The van der Waals surface area contributed by atoms with Gasteiger partial charge in [-0.15, -0.1) is 0 Å². The molecule has 2 rings (SSSR count). The number of rotatable bonds is 4. The van der Waals surface area contributed by atoms with Gasteiger partial charge >= 0.3 is 0 Å². The Morgan fingerprint density at radius 1 is 1.21 bits per heavy atom. The molecule has 98 valence electrons. The van der Waals surface area contributed by atoms with Gasteiger partial charge in [-0.1, -0.05) is 33.6 Å². The second-order valence-electron chi connectivity index (χ2n) is 4.09. The Morgan fingerprint density at radius 2 is 1.89 bits per heavy atom. The molecule has 2 aromatic rings. The van der Waals surface area contributed by atoms with E-state index in [0.717, 1.165) is 4.47 Å². The summed E-state index contributed by atoms with van der Waals surface area (Å²) in [6, 6.07) is 14.2. The summed E-state index contributed by atoms with van der Waals surface area (Å²) >= 11 is 9.16. The van der Waals surface area contributed by atoms with Crippen LogP contribution in [-0.4, -0.2) is 11.9 Å². The molecule has 0 heterocycles. The highest BCUT2D eigenvalue weighted by atomic mass is 79.9. The SMILES string of the molecule is C[C@@H](Oc1cccc(Br)c1)C(=O)c1ccc(Cl)cc1. The van der Waals surface area contributed by atoms with E-state index in [0.29, 0.717) is 16.3 Å². The molecule has 0 amide bonds. The molecule has 0 aliphatic heterocycles. The Bertz CT molecular complexity index is 581. The lowest BCUT2D eigenvalue weighted by Gasteiger charge is -2.14. The number of hydrogen-bond donors (Lipinski definition) is 0. The zero-order valence-electron chi connectivity index (χ0n) is 10.3. The Balaban J connectivity index is 2.09. The van der Waals surface area contributed by atoms with Crippen molar-refractivity contribution in [2.24, 2.45) is 0 Å². The van der Waals surface area contributed by atoms with E-state index in [4.69, 9.17) is 16.3 Å². The van der Waals surface area contributed by atoms with Crippen LogP contribution < -0.4 is 4.74 Å². The van der Waals surface area contributed by atoms with Crippen LogP contribution in [0.4, 0.5) is 0 Å². The average Bonchev–Trinajstić information content (AvgIpc) is 2.39. The number of benzene rings is 2. The molecular formula is C15H12BrClO2. The first-order valence-electron chi connectivity index (χ1n) is 5.78. The van der Waals surface area contributed by atoms with Crippen LogP contribution in [0, 0.1) is 0 Å². The van der Waals surface area contributed by atoms with Gasteiger partial charge in [0.2, 0.25) is 5.78 Å². The molecule has 0 N–H and O–H groups in total. The fourth-order valence-corrected chi connectivity index (χ4v) is 2.15. The molecule has 0 aliphatic rings. The van der Waals surface area contributed by atoms with Crippen LogP contribution in [0.5, 0.6) is 5.75 Å². The van der Waals surface area contributed by atoms with E-state index in [9.17, 15) is 4.79 Å². The van der Waals surface area contributed by atoms with Crippen molar-refractivity contribution in [1.82, 2.24) is 0 Å². The summed E-state index contributed by atoms with van der Waals surface area (Å²) in [6.45, 7) is 1.73. The van der Waals surface area contributed by atoms with Crippen molar-refractivity contribution in [3.8, 4) is 5.75 Å². The lowest BCUT2D eigenvalue weighted by Crippen LogP contribution is -2.23. The third-order valence-corrected chi connectivity index (χ3v) is 3.35. The molecule has 4 heteroatoms. The maximum Gasteiger partial charge on any atom is 0.202 e. The van der Waals surface area contributed by atoms with Gasteiger partial charge in [-0.2, -0.15) is 0 Å². The van der Waals surface area contributed by atoms with Crippen LogP contribution in [0.1, 0.15) is 17.3 Å². The van der Waals surface area contributed by atoms with Crippen LogP contribution in [0.15, 0.2) is 53.0 Å². The van der Waals surface area contributed by atoms with E-state index in [-0.39, 0.29) is 5.78 Å². The normalized spacial score (nSPS) is 11.9. The van der Waals surface area contributed by atoms with Gasteiger partial charge in [0.1, 0.15) is 5.75 Å². The van der Waals surface area contributed by atoms with E-state index in [2.05, 4.69) is 15.9 Å². The summed E-state index contributed by atoms with van der Waals surface area (Å²) in [6.07, 6.45) is -0.546. The lowest BCUT2D eigenvalue weighted by atomic mass is 10.1. The summed E-state index contributed by atoms with van der Waals surface area (Å²) in [4.78, 5) is 12.2. The Morgan fingerprint density at radius 3 is 2.53 bits per heavy atom. The van der Waals surface area contributed by atoms with Gasteiger partial charge in [0.15, 0.2) is 6.10 Å². The third kappa shape index (κ3) is 3.82. The highest BCUT2D eigenvalue weighted by molar-refractivity contribution is 9.10. The number of ether oxygens (including phenoxy) is 1. The molecule has 2 nitrogen and oxygen atoms in total. The van der Waals surface area contributed by atoms with Crippen molar-refractivity contribution in [2.75, 3.05) is 0 Å². The van der Waals surface area contributed by atoms with Crippen molar-refractivity contribution in [1.29, 1.82) is 0 Å². The predicted molar refractivity (Wildman–Crippen MR) is 80.0 cm³/mol. The highest BCUT2D eigenvalue weighted by Gasteiger charge is 2.16. The molecule has 0 spiro atoms. The van der Waals surface area contributed by atoms with Gasteiger partial charge < -0.3 is 4.74 Å². The summed E-state index contributed by atoms with van der Waals surface area (Å²) in [5.41, 5.74) is 0.590. The van der Waals surface area contributed by atoms with Crippen molar-refractivity contribution in [2.45, 2.75) is 13.0 Å². The van der Waals surface area contributed by atoms with E-state index in [1.165, 1.54) is 0 Å². The van der Waals surface area contributed by atoms with Gasteiger partial charge in [0, 0.05) is 15.1 Å². The lowest BCUT2D eigenvalue weighted by molar-refractivity contribution is 0.0818. The Labute approximate surface area is 125 Å². The van der Waals surface area contributed by atoms with Gasteiger partial charge in [0.25, 0.3) is 0 Å². The van der Waals surface area contributed by atoms with Crippen LogP contribution >= 0.6 is 27.5 Å². The van der Waals surface area contributed by atoms with Crippen molar-refractivity contribution < 1.29 is 9.53 Å². The van der Waals surface area contributed by atoms with Crippen LogP contribution in [-0.2, 0) is 0 Å². The molecule has 0 saturated carbocycles. The average molecular weight is 340 g/mol. The Hall–Kier alpha value is -1.32. The second-order valence-corrected chi connectivity index (χ2v) is 5.44. The van der Waals surface area contributed by atoms with E-state index >= 15 is 0 Å². The zero-order chi connectivity index (χ0) is 13.8. The van der Waals surface area contributed by atoms with Crippen LogP contribution in [0.3, 0.4) is 0 Å². The van der Waals surface area contributed by atoms with Gasteiger partial charge in [0.05, 0.1) is 0 Å². The maximum absolute atomic E-state index is 12.2. The van der Waals surface area contributed by atoms with Gasteiger partial charge in [-0.3, -0.25) is 4.79 Å². The molecule has 0 unspecified atom stereocenters. The first kappa shape index (κ1) is 14.1. The largest absolute Gasteiger partial charge is 0.483 e. The zero-order valence-corrected chi connectivity index (χ0v) is 12.6. The minimum Gasteiger partial charge on any atom is -0.483 e. The van der Waals surface area contributed by atoms with Crippen molar-refractivity contribution >= 4 is 33.3 Å². The molecule has 19 heavy (non-hydrogen) atoms. The number of Topliss-reactive ketones (excluding diaryl/α,β-unsaturated/α-hetero) is 1. The monoisotopic (exact) mass is 338 g/mol. The number of hydrogen-bond acceptors (Lipinski definition) is 2. The molecule has 0 saturated heterocycles. The highest BCUT2D eigenvalue weighted by Crippen LogP contribution is 2.20. The minimum atomic E-state index is -0.546. The maximum atomic E-state index is 12.2. The molecule has 2 aromatic carbocycles. The fourth-order valence-electron chi connectivity index (χ4n) is 1.65. The molecule has 0 radical (unpaired) electrons. The molecule has 0 aromatic heterocycles. The standard InChI is InChI=1S/C15H12BrClO2/c1-10(19-14-4-2-3-12(16)9-14)15(18)11-5-7-13(17)8-6-11/h2-10H,1H3/t10-/m1/s1. The fraction of sp³-hybridized carbons (Fsp3) is 0.133. The minimum absolute atomic E-state index is 0.0726. The number of carbonyl (C=O) groups excluding carboxylic acids is 1. The van der Waals surface area contributed by atoms with Gasteiger partial charge in [-0.05, 0) is 49.4 Å². The van der Waals surface area contributed by atoms with Crippen LogP contribution in [0.25, 0.3) is 0 Å². The number of halogens is 2. The van der Waals surface area contributed by atoms with Crippen LogP contribution in [0.2, 0.25) is 5.02 Å². The molecule has 0 aliphatic carbocycles. The second kappa shape index (κ2) is 6.22. The summed E-state index contributed by atoms with van der Waals surface area (Å²) in [5, 5.41) is 0.608. The summed E-state index contributed by atoms with van der Waals surface area (Å²) in [7, 11) is 0. The summed E-state index contributed by atoms with van der Waals surface area (Å²) in [5.74, 6) is 0.584. The van der Waals surface area contributed by atoms with Gasteiger partial charge in [-0.25, -0.2) is 0 Å². The first-order chi connectivity index (χ1) is 9.06. The van der Waals surface area contributed by atoms with E-state index < -0.39 is 6.10 Å². The number of ketones is 1. The number of carbonyl (C=O) groups is 1. The molecule has 0 bridgehead atoms. The molecule has 0 fully saturated rings. The smallest absolute Gasteiger partial charge is 0.202 e. The van der Waals surface area contributed by atoms with Crippen molar-refractivity contribution in [3.05, 3.63) is 63.6 Å². The Kier molecular flexibility index (Phi) is 4.61. The van der Waals surface area contributed by atoms with Crippen molar-refractivity contribution in [3.63, 3.8) is 0 Å². The van der Waals surface area contributed by atoms with E-state index in [1.54, 1.807) is 31.2 Å².